The Hall–Kier alpha value is -0.900. The number of carbonyl (C=O) groups is 2. The monoisotopic (exact) mass is 238 g/mol. The molecule has 2 atom stereocenters. The zero-order valence-electron chi connectivity index (χ0n) is 11.1. The molecule has 1 saturated heterocycles. The minimum absolute atomic E-state index is 0.00360. The van der Waals surface area contributed by atoms with E-state index in [1.165, 1.54) is 4.90 Å². The number of amides is 2. The number of nitrogens with zero attached hydrogens (tertiary/aromatic N) is 1. The number of imide groups is 1. The van der Waals surface area contributed by atoms with Crippen LogP contribution in [0.2, 0.25) is 0 Å². The van der Waals surface area contributed by atoms with Gasteiger partial charge < -0.3 is 5.32 Å². The Morgan fingerprint density at radius 3 is 2.35 bits per heavy atom. The highest BCUT2D eigenvalue weighted by Gasteiger charge is 2.46. The van der Waals surface area contributed by atoms with Crippen molar-refractivity contribution in [2.45, 2.75) is 65.1 Å². The van der Waals surface area contributed by atoms with Crippen LogP contribution in [0, 0.1) is 5.41 Å². The minimum Gasteiger partial charge on any atom is -0.302 e. The molecular formula is C13H22N2O2. The molecule has 2 rings (SSSR count). The van der Waals surface area contributed by atoms with Gasteiger partial charge in [0.2, 0.25) is 11.8 Å². The van der Waals surface area contributed by atoms with Crippen LogP contribution in [0.1, 0.15) is 47.0 Å². The van der Waals surface area contributed by atoms with Crippen molar-refractivity contribution in [2.24, 2.45) is 5.41 Å². The zero-order chi connectivity index (χ0) is 12.8. The van der Waals surface area contributed by atoms with Crippen LogP contribution in [0.3, 0.4) is 0 Å². The third-order valence-electron chi connectivity index (χ3n) is 3.85. The van der Waals surface area contributed by atoms with Crippen LogP contribution in [0.15, 0.2) is 0 Å². The molecule has 1 aliphatic carbocycles. The molecule has 4 nitrogen and oxygen atoms in total. The number of nitrogens with one attached hydrogen (secondary N) is 1. The lowest BCUT2D eigenvalue weighted by Gasteiger charge is -2.30. The molecule has 2 fully saturated rings. The van der Waals surface area contributed by atoms with Crippen LogP contribution in [-0.4, -0.2) is 34.8 Å². The third kappa shape index (κ3) is 2.51. The fraction of sp³-hybridized carbons (Fsp3) is 0.846. The summed E-state index contributed by atoms with van der Waals surface area (Å²) < 4.78 is 0. The van der Waals surface area contributed by atoms with E-state index in [0.717, 1.165) is 12.8 Å². The van der Waals surface area contributed by atoms with Crippen molar-refractivity contribution in [3.05, 3.63) is 0 Å². The number of hydrogen-bond donors (Lipinski definition) is 1. The number of carbonyl (C=O) groups excluding carboxylic acids is 2. The summed E-state index contributed by atoms with van der Waals surface area (Å²) in [6, 6.07) is 0.104. The van der Waals surface area contributed by atoms with E-state index in [9.17, 15) is 9.59 Å². The molecule has 0 radical (unpaired) electrons. The molecule has 0 bridgehead atoms. The summed E-state index contributed by atoms with van der Waals surface area (Å²) in [6.45, 7) is 8.46. The first-order valence-corrected chi connectivity index (χ1v) is 6.42. The van der Waals surface area contributed by atoms with E-state index in [1.807, 2.05) is 0 Å². The van der Waals surface area contributed by atoms with Crippen LogP contribution in [0.25, 0.3) is 0 Å². The van der Waals surface area contributed by atoms with Gasteiger partial charge in [-0.2, -0.15) is 0 Å². The molecule has 4 heteroatoms. The van der Waals surface area contributed by atoms with Gasteiger partial charge >= 0.3 is 0 Å². The maximum atomic E-state index is 12.1. The van der Waals surface area contributed by atoms with Gasteiger partial charge in [-0.05, 0) is 25.2 Å². The fourth-order valence-corrected chi connectivity index (χ4v) is 2.05. The van der Waals surface area contributed by atoms with Crippen molar-refractivity contribution in [1.82, 2.24) is 10.2 Å². The van der Waals surface area contributed by atoms with Crippen molar-refractivity contribution < 1.29 is 9.59 Å². The Labute approximate surface area is 103 Å². The van der Waals surface area contributed by atoms with E-state index >= 15 is 0 Å². The smallest absolute Gasteiger partial charge is 0.247 e. The van der Waals surface area contributed by atoms with E-state index < -0.39 is 0 Å². The van der Waals surface area contributed by atoms with Crippen LogP contribution in [0.5, 0.6) is 0 Å². The molecule has 1 N–H and O–H groups in total. The Kier molecular flexibility index (Phi) is 3.02. The van der Waals surface area contributed by atoms with E-state index in [2.05, 4.69) is 33.0 Å². The van der Waals surface area contributed by atoms with Gasteiger partial charge in [-0.3, -0.25) is 14.5 Å². The first kappa shape index (κ1) is 12.6. The number of likely N-dealkylation sites (tertiary alicyclic amines) is 1. The normalized spacial score (nSPS) is 27.8. The third-order valence-corrected chi connectivity index (χ3v) is 3.85. The summed E-state index contributed by atoms with van der Waals surface area (Å²) in [7, 11) is 0. The molecular weight excluding hydrogens is 216 g/mol. The molecule has 2 amide bonds. The summed E-state index contributed by atoms with van der Waals surface area (Å²) in [5.74, 6) is -0.0234. The van der Waals surface area contributed by atoms with Gasteiger partial charge in [-0.1, -0.05) is 20.8 Å². The highest BCUT2D eigenvalue weighted by molar-refractivity contribution is 6.06. The van der Waals surface area contributed by atoms with E-state index in [1.54, 1.807) is 0 Å². The van der Waals surface area contributed by atoms with E-state index in [-0.39, 0.29) is 35.4 Å². The van der Waals surface area contributed by atoms with Crippen molar-refractivity contribution in [3.63, 3.8) is 0 Å². The SMILES string of the molecule is CC(NC1CC(=O)N(C2CC2)C1=O)C(C)(C)C. The molecule has 0 aromatic carbocycles. The van der Waals surface area contributed by atoms with Gasteiger partial charge in [-0.15, -0.1) is 0 Å². The van der Waals surface area contributed by atoms with Crippen LogP contribution in [0.4, 0.5) is 0 Å². The Morgan fingerprint density at radius 2 is 1.88 bits per heavy atom. The Bertz CT molecular complexity index is 342. The van der Waals surface area contributed by atoms with Crippen LogP contribution < -0.4 is 5.32 Å². The first-order chi connectivity index (χ1) is 7.80. The lowest BCUT2D eigenvalue weighted by atomic mass is 9.87. The minimum atomic E-state index is -0.308. The van der Waals surface area contributed by atoms with E-state index in [4.69, 9.17) is 0 Å². The second-order valence-corrected chi connectivity index (χ2v) is 6.34. The van der Waals surface area contributed by atoms with Gasteiger partial charge in [0.1, 0.15) is 0 Å². The average molecular weight is 238 g/mol. The highest BCUT2D eigenvalue weighted by Crippen LogP contribution is 2.32. The lowest BCUT2D eigenvalue weighted by Crippen LogP contribution is -2.47. The molecule has 0 spiro atoms. The maximum absolute atomic E-state index is 12.1. The van der Waals surface area contributed by atoms with Crippen molar-refractivity contribution in [1.29, 1.82) is 0 Å². The lowest BCUT2D eigenvalue weighted by molar-refractivity contribution is -0.139. The van der Waals surface area contributed by atoms with Crippen LogP contribution in [-0.2, 0) is 9.59 Å². The van der Waals surface area contributed by atoms with E-state index in [0.29, 0.717) is 6.42 Å². The molecule has 0 aromatic heterocycles. The van der Waals surface area contributed by atoms with Crippen molar-refractivity contribution in [2.75, 3.05) is 0 Å². The maximum Gasteiger partial charge on any atom is 0.247 e. The molecule has 1 saturated carbocycles. The summed E-state index contributed by atoms with van der Waals surface area (Å²) in [5.41, 5.74) is 0.0936. The summed E-state index contributed by atoms with van der Waals surface area (Å²) >= 11 is 0. The summed E-state index contributed by atoms with van der Waals surface area (Å²) in [4.78, 5) is 25.4. The summed E-state index contributed by atoms with van der Waals surface area (Å²) in [5, 5.41) is 3.30. The zero-order valence-corrected chi connectivity index (χ0v) is 11.1. The Balaban J connectivity index is 1.99. The predicted octanol–water partition coefficient (Wildman–Crippen LogP) is 1.30. The first-order valence-electron chi connectivity index (χ1n) is 6.42. The quantitative estimate of drug-likeness (QED) is 0.754. The van der Waals surface area contributed by atoms with Gasteiger partial charge in [0.05, 0.1) is 12.5 Å². The van der Waals surface area contributed by atoms with Gasteiger partial charge in [0.25, 0.3) is 0 Å². The topological polar surface area (TPSA) is 49.4 Å². The highest BCUT2D eigenvalue weighted by atomic mass is 16.2. The van der Waals surface area contributed by atoms with Gasteiger partial charge in [-0.25, -0.2) is 0 Å². The summed E-state index contributed by atoms with van der Waals surface area (Å²) in [6.07, 6.45) is 2.30. The molecule has 1 heterocycles. The van der Waals surface area contributed by atoms with Gasteiger partial charge in [0, 0.05) is 12.1 Å². The second kappa shape index (κ2) is 4.09. The number of rotatable bonds is 3. The fourth-order valence-electron chi connectivity index (χ4n) is 2.05. The van der Waals surface area contributed by atoms with Crippen molar-refractivity contribution in [3.8, 4) is 0 Å². The average Bonchev–Trinajstić information content (AvgIpc) is 2.95. The molecule has 2 unspecified atom stereocenters. The second-order valence-electron chi connectivity index (χ2n) is 6.34. The van der Waals surface area contributed by atoms with Crippen LogP contribution >= 0.6 is 0 Å². The largest absolute Gasteiger partial charge is 0.302 e. The molecule has 2 aliphatic rings. The molecule has 96 valence electrons. The number of hydrogen-bond acceptors (Lipinski definition) is 3. The Morgan fingerprint density at radius 1 is 1.29 bits per heavy atom. The predicted molar refractivity (Wildman–Crippen MR) is 65.3 cm³/mol. The standard InChI is InChI=1S/C13H22N2O2/c1-8(13(2,3)4)14-10-7-11(16)15(12(10)17)9-5-6-9/h8-10,14H,5-7H2,1-4H3. The molecule has 0 aromatic rings. The molecule has 17 heavy (non-hydrogen) atoms. The van der Waals surface area contributed by atoms with Gasteiger partial charge in [0.15, 0.2) is 0 Å². The van der Waals surface area contributed by atoms with Crippen molar-refractivity contribution >= 4 is 11.8 Å². The molecule has 1 aliphatic heterocycles.